The molecule has 29 heavy (non-hydrogen) atoms. The van der Waals surface area contributed by atoms with Crippen LogP contribution >= 0.6 is 35.3 Å². The van der Waals surface area contributed by atoms with Crippen LogP contribution in [-0.2, 0) is 4.79 Å². The number of amides is 1. The van der Waals surface area contributed by atoms with Crippen LogP contribution in [0.3, 0.4) is 0 Å². The fraction of sp³-hybridized carbons (Fsp3) is 0. The highest BCUT2D eigenvalue weighted by Gasteiger charge is 2.33. The monoisotopic (exact) mass is 441 g/mol. The second-order valence-electron chi connectivity index (χ2n) is 5.93. The van der Waals surface area contributed by atoms with Crippen LogP contribution in [0, 0.1) is 5.82 Å². The molecule has 1 saturated heterocycles. The second-order valence-corrected chi connectivity index (χ2v) is 8.55. The number of hydrogen-bond acceptors (Lipinski definition) is 6. The maximum Gasteiger partial charge on any atom is 0.353 e. The molecule has 2 aromatic carbocycles. The molecule has 4 nitrogen and oxygen atoms in total. The maximum atomic E-state index is 13.1. The van der Waals surface area contributed by atoms with Crippen molar-refractivity contribution in [1.82, 2.24) is 0 Å². The summed E-state index contributed by atoms with van der Waals surface area (Å²) in [6.07, 6.45) is 1.72. The molecule has 4 rings (SSSR count). The van der Waals surface area contributed by atoms with Crippen molar-refractivity contribution in [2.24, 2.45) is 0 Å². The summed E-state index contributed by atoms with van der Waals surface area (Å²) in [7, 11) is 0. The zero-order valence-corrected chi connectivity index (χ0v) is 17.2. The molecule has 0 spiro atoms. The number of hydrogen-bond donors (Lipinski definition) is 0. The van der Waals surface area contributed by atoms with Gasteiger partial charge in [0.1, 0.15) is 16.4 Å². The number of thiophene rings is 1. The molecular formula is C21H12FNO3S3. The zero-order chi connectivity index (χ0) is 20.4. The van der Waals surface area contributed by atoms with E-state index in [9.17, 15) is 14.0 Å². The van der Waals surface area contributed by atoms with Crippen molar-refractivity contribution in [3.8, 4) is 5.75 Å². The Morgan fingerprint density at radius 2 is 1.79 bits per heavy atom. The molecular weight excluding hydrogens is 429 g/mol. The molecule has 1 fully saturated rings. The van der Waals surface area contributed by atoms with Gasteiger partial charge in [-0.25, -0.2) is 9.18 Å². The normalized spacial score (nSPS) is 15.2. The smallest absolute Gasteiger partial charge is 0.353 e. The second kappa shape index (κ2) is 8.28. The van der Waals surface area contributed by atoms with Gasteiger partial charge in [0.25, 0.3) is 5.91 Å². The predicted molar refractivity (Wildman–Crippen MR) is 118 cm³/mol. The zero-order valence-electron chi connectivity index (χ0n) is 14.7. The third-order valence-electron chi connectivity index (χ3n) is 3.99. The molecule has 1 amide bonds. The Hall–Kier alpha value is -2.81. The van der Waals surface area contributed by atoms with Crippen LogP contribution in [0.1, 0.15) is 15.2 Å². The van der Waals surface area contributed by atoms with Crippen molar-refractivity contribution in [2.75, 3.05) is 4.90 Å². The molecule has 0 atom stereocenters. The van der Waals surface area contributed by atoms with Crippen LogP contribution in [0.25, 0.3) is 6.08 Å². The van der Waals surface area contributed by atoms with Crippen LogP contribution in [0.4, 0.5) is 10.1 Å². The SMILES string of the molecule is O=C(Oc1ccc(C=C2SC(=S)N(c3ccc(F)cc3)C2=O)cc1)c1cccs1. The highest BCUT2D eigenvalue weighted by Crippen LogP contribution is 2.36. The summed E-state index contributed by atoms with van der Waals surface area (Å²) in [4.78, 5) is 27.1. The van der Waals surface area contributed by atoms with E-state index in [1.165, 1.54) is 52.3 Å². The van der Waals surface area contributed by atoms with Crippen molar-refractivity contribution < 1.29 is 18.7 Å². The van der Waals surface area contributed by atoms with Crippen LogP contribution < -0.4 is 9.64 Å². The van der Waals surface area contributed by atoms with Gasteiger partial charge in [0.05, 0.1) is 10.6 Å². The van der Waals surface area contributed by atoms with Crippen molar-refractivity contribution in [1.29, 1.82) is 0 Å². The first kappa shape index (κ1) is 19.5. The predicted octanol–water partition coefficient (Wildman–Crippen LogP) is 5.51. The number of benzene rings is 2. The number of carbonyl (C=O) groups excluding carboxylic acids is 2. The molecule has 2 heterocycles. The van der Waals surface area contributed by atoms with E-state index in [0.29, 0.717) is 25.5 Å². The van der Waals surface area contributed by atoms with Crippen molar-refractivity contribution >= 4 is 63.3 Å². The average molecular weight is 442 g/mol. The van der Waals surface area contributed by atoms with E-state index in [0.717, 1.165) is 5.56 Å². The lowest BCUT2D eigenvalue weighted by molar-refractivity contribution is -0.113. The van der Waals surface area contributed by atoms with Crippen molar-refractivity contribution in [3.63, 3.8) is 0 Å². The third-order valence-corrected chi connectivity index (χ3v) is 6.14. The van der Waals surface area contributed by atoms with Crippen molar-refractivity contribution in [2.45, 2.75) is 0 Å². The fourth-order valence-corrected chi connectivity index (χ4v) is 4.51. The number of thiocarbonyl (C=S) groups is 1. The standard InChI is InChI=1S/C21H12FNO3S3/c22-14-5-7-15(8-6-14)23-19(24)18(29-21(23)27)12-13-3-9-16(10-4-13)26-20(25)17-2-1-11-28-17/h1-12H. The highest BCUT2D eigenvalue weighted by molar-refractivity contribution is 8.27. The molecule has 0 unspecified atom stereocenters. The Balaban J connectivity index is 1.49. The number of halogens is 1. The van der Waals surface area contributed by atoms with E-state index in [4.69, 9.17) is 17.0 Å². The number of anilines is 1. The number of thioether (sulfide) groups is 1. The highest BCUT2D eigenvalue weighted by atomic mass is 32.2. The van der Waals surface area contributed by atoms with Gasteiger partial charge in [-0.3, -0.25) is 9.69 Å². The van der Waals surface area contributed by atoms with E-state index in [1.807, 2.05) is 5.38 Å². The average Bonchev–Trinajstić information content (AvgIpc) is 3.34. The molecule has 3 aromatic rings. The number of ether oxygens (including phenoxy) is 1. The van der Waals surface area contributed by atoms with Gasteiger partial charge in [-0.1, -0.05) is 42.2 Å². The summed E-state index contributed by atoms with van der Waals surface area (Å²) in [5, 5.41) is 1.81. The Morgan fingerprint density at radius 3 is 2.45 bits per heavy atom. The number of esters is 1. The molecule has 1 aliphatic rings. The van der Waals surface area contributed by atoms with E-state index in [1.54, 1.807) is 42.5 Å². The van der Waals surface area contributed by atoms with Gasteiger partial charge in [0, 0.05) is 0 Å². The molecule has 144 valence electrons. The van der Waals surface area contributed by atoms with Crippen LogP contribution in [0.15, 0.2) is 70.9 Å². The summed E-state index contributed by atoms with van der Waals surface area (Å²) in [6, 6.07) is 15.9. The lowest BCUT2D eigenvalue weighted by Crippen LogP contribution is -2.27. The summed E-state index contributed by atoms with van der Waals surface area (Å²) < 4.78 is 18.8. The quantitative estimate of drug-likeness (QED) is 0.231. The Kier molecular flexibility index (Phi) is 5.57. The maximum absolute atomic E-state index is 13.1. The van der Waals surface area contributed by atoms with E-state index in [2.05, 4.69) is 0 Å². The minimum Gasteiger partial charge on any atom is -0.422 e. The lowest BCUT2D eigenvalue weighted by atomic mass is 10.2. The summed E-state index contributed by atoms with van der Waals surface area (Å²) in [6.45, 7) is 0. The molecule has 0 radical (unpaired) electrons. The Labute approximate surface area is 179 Å². The fourth-order valence-electron chi connectivity index (χ4n) is 2.62. The van der Waals surface area contributed by atoms with Gasteiger partial charge in [-0.2, -0.15) is 0 Å². The molecule has 1 aromatic heterocycles. The van der Waals surface area contributed by atoms with Crippen molar-refractivity contribution in [3.05, 3.63) is 87.2 Å². The molecule has 0 N–H and O–H groups in total. The topological polar surface area (TPSA) is 46.6 Å². The number of nitrogens with zero attached hydrogens (tertiary/aromatic N) is 1. The van der Waals surface area contributed by atoms with Gasteiger partial charge in [0.15, 0.2) is 4.32 Å². The van der Waals surface area contributed by atoms with Gasteiger partial charge < -0.3 is 4.74 Å². The van der Waals surface area contributed by atoms with E-state index < -0.39 is 5.97 Å². The Bertz CT molecular complexity index is 1110. The molecule has 8 heteroatoms. The first-order valence-electron chi connectivity index (χ1n) is 8.40. The summed E-state index contributed by atoms with van der Waals surface area (Å²) in [5.74, 6) is -0.637. The molecule has 0 aliphatic carbocycles. The number of carbonyl (C=O) groups is 2. The molecule has 1 aliphatic heterocycles. The van der Waals surface area contributed by atoms with E-state index >= 15 is 0 Å². The molecule has 0 bridgehead atoms. The Morgan fingerprint density at radius 1 is 1.07 bits per heavy atom. The first-order valence-corrected chi connectivity index (χ1v) is 10.5. The lowest BCUT2D eigenvalue weighted by Gasteiger charge is -2.14. The summed E-state index contributed by atoms with van der Waals surface area (Å²) >= 11 is 7.80. The first-order chi connectivity index (χ1) is 14.0. The van der Waals surface area contributed by atoms with Crippen LogP contribution in [-0.4, -0.2) is 16.2 Å². The number of rotatable bonds is 4. The van der Waals surface area contributed by atoms with Gasteiger partial charge in [-0.05, 0) is 59.5 Å². The third kappa shape index (κ3) is 4.29. The summed E-state index contributed by atoms with van der Waals surface area (Å²) in [5.41, 5.74) is 1.29. The largest absolute Gasteiger partial charge is 0.422 e. The van der Waals surface area contributed by atoms with Crippen LogP contribution in [0.2, 0.25) is 0 Å². The van der Waals surface area contributed by atoms with E-state index in [-0.39, 0.29) is 11.7 Å². The van der Waals surface area contributed by atoms with Gasteiger partial charge in [-0.15, -0.1) is 11.3 Å². The minimum absolute atomic E-state index is 0.264. The molecule has 0 saturated carbocycles. The van der Waals surface area contributed by atoms with Gasteiger partial charge in [0.2, 0.25) is 0 Å². The van der Waals surface area contributed by atoms with Gasteiger partial charge >= 0.3 is 5.97 Å². The minimum atomic E-state index is -0.409. The van der Waals surface area contributed by atoms with Crippen LogP contribution in [0.5, 0.6) is 5.75 Å².